The van der Waals surface area contributed by atoms with E-state index >= 15 is 0 Å². The number of likely N-dealkylation sites (tertiary alicyclic amines) is 1. The third-order valence-electron chi connectivity index (χ3n) is 4.33. The van der Waals surface area contributed by atoms with E-state index in [2.05, 4.69) is 21.8 Å². The highest BCUT2D eigenvalue weighted by Gasteiger charge is 2.32. The SMILES string of the molecule is O=C(c1cn(Cc2ccccc2)nn1)N1CCC[C@@H]1c1cccs1. The molecule has 0 radical (unpaired) electrons. The van der Waals surface area contributed by atoms with Crippen molar-refractivity contribution in [3.8, 4) is 0 Å². The third kappa shape index (κ3) is 2.97. The van der Waals surface area contributed by atoms with Crippen molar-refractivity contribution < 1.29 is 4.79 Å². The van der Waals surface area contributed by atoms with Crippen LogP contribution in [0.1, 0.15) is 39.8 Å². The molecular formula is C18H18N4OS. The van der Waals surface area contributed by atoms with Crippen molar-refractivity contribution in [1.29, 1.82) is 0 Å². The number of rotatable bonds is 4. The minimum atomic E-state index is -0.0230. The van der Waals surface area contributed by atoms with Crippen molar-refractivity contribution in [3.05, 3.63) is 70.2 Å². The van der Waals surface area contributed by atoms with Gasteiger partial charge in [-0.3, -0.25) is 4.79 Å². The van der Waals surface area contributed by atoms with Crippen LogP contribution < -0.4 is 0 Å². The summed E-state index contributed by atoms with van der Waals surface area (Å²) in [4.78, 5) is 16.0. The van der Waals surface area contributed by atoms with E-state index in [-0.39, 0.29) is 11.9 Å². The minimum absolute atomic E-state index is 0.0230. The van der Waals surface area contributed by atoms with E-state index in [1.165, 1.54) is 4.88 Å². The standard InChI is InChI=1S/C18H18N4OS/c23-18(22-10-4-8-16(22)17-9-5-11-24-17)15-13-21(20-19-15)12-14-6-2-1-3-7-14/h1-3,5-7,9,11,13,16H,4,8,10,12H2/t16-/m1/s1. The van der Waals surface area contributed by atoms with E-state index < -0.39 is 0 Å². The Balaban J connectivity index is 1.50. The van der Waals surface area contributed by atoms with Crippen LogP contribution in [0.25, 0.3) is 0 Å². The maximum absolute atomic E-state index is 12.8. The molecule has 1 aliphatic heterocycles. The molecule has 1 amide bonds. The van der Waals surface area contributed by atoms with Crippen molar-refractivity contribution in [3.63, 3.8) is 0 Å². The highest BCUT2D eigenvalue weighted by Crippen LogP contribution is 2.35. The van der Waals surface area contributed by atoms with Crippen LogP contribution >= 0.6 is 11.3 Å². The fourth-order valence-corrected chi connectivity index (χ4v) is 4.05. The van der Waals surface area contributed by atoms with Gasteiger partial charge in [0.2, 0.25) is 0 Å². The number of carbonyl (C=O) groups is 1. The van der Waals surface area contributed by atoms with Gasteiger partial charge in [0.25, 0.3) is 5.91 Å². The number of aromatic nitrogens is 3. The van der Waals surface area contributed by atoms with Crippen molar-refractivity contribution in [2.75, 3.05) is 6.54 Å². The lowest BCUT2D eigenvalue weighted by Crippen LogP contribution is -2.30. The van der Waals surface area contributed by atoms with Crippen LogP contribution in [-0.4, -0.2) is 32.3 Å². The summed E-state index contributed by atoms with van der Waals surface area (Å²) >= 11 is 1.71. The summed E-state index contributed by atoms with van der Waals surface area (Å²) in [6.45, 7) is 1.41. The Hall–Kier alpha value is -2.47. The molecule has 0 unspecified atom stereocenters. The summed E-state index contributed by atoms with van der Waals surface area (Å²) in [6, 6.07) is 14.4. The van der Waals surface area contributed by atoms with Crippen LogP contribution in [0.2, 0.25) is 0 Å². The summed E-state index contributed by atoms with van der Waals surface area (Å²) in [5.74, 6) is -0.0230. The Morgan fingerprint density at radius 2 is 2.08 bits per heavy atom. The molecule has 1 saturated heterocycles. The fraction of sp³-hybridized carbons (Fsp3) is 0.278. The maximum atomic E-state index is 12.8. The maximum Gasteiger partial charge on any atom is 0.276 e. The van der Waals surface area contributed by atoms with E-state index in [1.807, 2.05) is 41.3 Å². The fourth-order valence-electron chi connectivity index (χ4n) is 3.18. The third-order valence-corrected chi connectivity index (χ3v) is 5.30. The first kappa shape index (κ1) is 15.1. The molecule has 0 spiro atoms. The molecule has 1 fully saturated rings. The minimum Gasteiger partial charge on any atom is -0.329 e. The van der Waals surface area contributed by atoms with Gasteiger partial charge in [0, 0.05) is 11.4 Å². The molecule has 0 aliphatic carbocycles. The zero-order valence-corrected chi connectivity index (χ0v) is 14.0. The highest BCUT2D eigenvalue weighted by molar-refractivity contribution is 7.10. The summed E-state index contributed by atoms with van der Waals surface area (Å²) in [5.41, 5.74) is 1.56. The van der Waals surface area contributed by atoms with Gasteiger partial charge in [-0.15, -0.1) is 16.4 Å². The van der Waals surface area contributed by atoms with Crippen molar-refractivity contribution in [1.82, 2.24) is 19.9 Å². The molecule has 0 bridgehead atoms. The molecule has 3 aromatic rings. The van der Waals surface area contributed by atoms with Gasteiger partial charge in [-0.2, -0.15) is 0 Å². The van der Waals surface area contributed by atoms with E-state index in [9.17, 15) is 4.79 Å². The number of hydrogen-bond donors (Lipinski definition) is 0. The number of nitrogens with zero attached hydrogens (tertiary/aromatic N) is 4. The Labute approximate surface area is 144 Å². The second-order valence-corrected chi connectivity index (χ2v) is 6.94. The van der Waals surface area contributed by atoms with Gasteiger partial charge in [-0.25, -0.2) is 4.68 Å². The van der Waals surface area contributed by atoms with Crippen LogP contribution in [0.3, 0.4) is 0 Å². The predicted octanol–water partition coefficient (Wildman–Crippen LogP) is 3.37. The molecule has 122 valence electrons. The Kier molecular flexibility index (Phi) is 4.13. The van der Waals surface area contributed by atoms with Crippen molar-refractivity contribution in [2.45, 2.75) is 25.4 Å². The normalized spacial score (nSPS) is 17.3. The molecule has 6 heteroatoms. The molecule has 2 aromatic heterocycles. The van der Waals surface area contributed by atoms with Crippen LogP contribution in [0.15, 0.2) is 54.0 Å². The quantitative estimate of drug-likeness (QED) is 0.733. The van der Waals surface area contributed by atoms with Gasteiger partial charge in [-0.1, -0.05) is 41.6 Å². The number of amides is 1. The molecule has 3 heterocycles. The molecule has 0 saturated carbocycles. The Bertz CT molecular complexity index is 813. The molecule has 1 atom stereocenters. The summed E-state index contributed by atoms with van der Waals surface area (Å²) in [5, 5.41) is 10.3. The summed E-state index contributed by atoms with van der Waals surface area (Å²) < 4.78 is 1.72. The summed E-state index contributed by atoms with van der Waals surface area (Å²) in [6.07, 6.45) is 3.80. The van der Waals surface area contributed by atoms with Gasteiger partial charge in [0.15, 0.2) is 5.69 Å². The topological polar surface area (TPSA) is 51.0 Å². The first-order valence-corrected chi connectivity index (χ1v) is 8.97. The van der Waals surface area contributed by atoms with Gasteiger partial charge < -0.3 is 4.90 Å². The van der Waals surface area contributed by atoms with Gasteiger partial charge in [0.05, 0.1) is 18.8 Å². The van der Waals surface area contributed by atoms with Crippen molar-refractivity contribution >= 4 is 17.2 Å². The molecule has 4 rings (SSSR count). The molecule has 1 aromatic carbocycles. The van der Waals surface area contributed by atoms with Crippen molar-refractivity contribution in [2.24, 2.45) is 0 Å². The smallest absolute Gasteiger partial charge is 0.276 e. The number of hydrogen-bond acceptors (Lipinski definition) is 4. The van der Waals surface area contributed by atoms with E-state index in [1.54, 1.807) is 22.2 Å². The zero-order valence-electron chi connectivity index (χ0n) is 13.2. The van der Waals surface area contributed by atoms with Crippen LogP contribution in [0.4, 0.5) is 0 Å². The zero-order chi connectivity index (χ0) is 16.4. The second-order valence-electron chi connectivity index (χ2n) is 5.96. The van der Waals surface area contributed by atoms with Crippen LogP contribution in [-0.2, 0) is 6.54 Å². The monoisotopic (exact) mass is 338 g/mol. The lowest BCUT2D eigenvalue weighted by Gasteiger charge is -2.22. The molecule has 5 nitrogen and oxygen atoms in total. The van der Waals surface area contributed by atoms with Crippen LogP contribution in [0.5, 0.6) is 0 Å². The lowest BCUT2D eigenvalue weighted by atomic mass is 10.2. The Morgan fingerprint density at radius 1 is 1.21 bits per heavy atom. The van der Waals surface area contributed by atoms with E-state index in [0.29, 0.717) is 12.2 Å². The first-order chi connectivity index (χ1) is 11.8. The first-order valence-electron chi connectivity index (χ1n) is 8.10. The number of benzene rings is 1. The summed E-state index contributed by atoms with van der Waals surface area (Å²) in [7, 11) is 0. The van der Waals surface area contributed by atoms with E-state index in [0.717, 1.165) is 24.9 Å². The Morgan fingerprint density at radius 3 is 2.88 bits per heavy atom. The van der Waals surface area contributed by atoms with Crippen LogP contribution in [0, 0.1) is 0 Å². The van der Waals surface area contributed by atoms with Gasteiger partial charge >= 0.3 is 0 Å². The average molecular weight is 338 g/mol. The molecular weight excluding hydrogens is 320 g/mol. The second kappa shape index (κ2) is 6.57. The van der Waals surface area contributed by atoms with Gasteiger partial charge in [-0.05, 0) is 29.9 Å². The highest BCUT2D eigenvalue weighted by atomic mass is 32.1. The largest absolute Gasteiger partial charge is 0.329 e. The van der Waals surface area contributed by atoms with E-state index in [4.69, 9.17) is 0 Å². The lowest BCUT2D eigenvalue weighted by molar-refractivity contribution is 0.0732. The predicted molar refractivity (Wildman–Crippen MR) is 92.9 cm³/mol. The molecule has 24 heavy (non-hydrogen) atoms. The number of carbonyl (C=O) groups excluding carboxylic acids is 1. The average Bonchev–Trinajstić information content (AvgIpc) is 3.35. The molecule has 0 N–H and O–H groups in total. The molecule has 1 aliphatic rings. The number of thiophene rings is 1. The van der Waals surface area contributed by atoms with Gasteiger partial charge in [0.1, 0.15) is 0 Å².